The first-order valence-electron chi connectivity index (χ1n) is 15.7. The summed E-state index contributed by atoms with van der Waals surface area (Å²) in [5.74, 6) is 0. The van der Waals surface area contributed by atoms with Crippen molar-refractivity contribution < 1.29 is 0 Å². The van der Waals surface area contributed by atoms with Crippen molar-refractivity contribution in [2.24, 2.45) is 0 Å². The third kappa shape index (κ3) is 4.93. The van der Waals surface area contributed by atoms with Crippen LogP contribution in [0.25, 0.3) is 21.9 Å². The fourth-order valence-electron chi connectivity index (χ4n) is 6.90. The fraction of sp³-hybridized carbons (Fsp3) is 0.116. The lowest BCUT2D eigenvalue weighted by molar-refractivity contribution is 0.661. The molecule has 0 amide bonds. The number of benzene rings is 6. The molecule has 2 nitrogen and oxygen atoms in total. The highest BCUT2D eigenvalue weighted by Crippen LogP contribution is 2.55. The standard InChI is InChI=1S/C43H38N2/c1-5-6-18-31(2)44(32-19-10-7-11-20-32)35-27-28-38-39(29-35)43(3,4)40-30-41(36-25-16-17-26-37(36)42(38)40)45(33-21-12-8-13-22-33)34-23-14-9-15-24-34/h5-30H,1-4H3/b6-5-,31-18+. The minimum atomic E-state index is -0.207. The van der Waals surface area contributed by atoms with Crippen molar-refractivity contribution >= 4 is 39.2 Å². The molecule has 0 radical (unpaired) electrons. The van der Waals surface area contributed by atoms with Crippen LogP contribution in [0.15, 0.2) is 163 Å². The van der Waals surface area contributed by atoms with Gasteiger partial charge in [-0.05, 0) is 102 Å². The predicted octanol–water partition coefficient (Wildman–Crippen LogP) is 12.2. The Morgan fingerprint density at radius 1 is 0.578 bits per heavy atom. The molecule has 7 rings (SSSR count). The summed E-state index contributed by atoms with van der Waals surface area (Å²) in [4.78, 5) is 4.76. The molecule has 6 aromatic rings. The van der Waals surface area contributed by atoms with Gasteiger partial charge in [0.05, 0.1) is 5.69 Å². The zero-order valence-electron chi connectivity index (χ0n) is 26.4. The van der Waals surface area contributed by atoms with E-state index in [0.717, 1.165) is 17.1 Å². The number of allylic oxidation sites excluding steroid dienone is 4. The van der Waals surface area contributed by atoms with Gasteiger partial charge in [-0.2, -0.15) is 0 Å². The molecule has 6 aromatic carbocycles. The Labute approximate surface area is 267 Å². The molecule has 0 N–H and O–H groups in total. The second kappa shape index (κ2) is 11.6. The van der Waals surface area contributed by atoms with E-state index < -0.39 is 0 Å². The first-order valence-corrected chi connectivity index (χ1v) is 15.7. The number of hydrogen-bond donors (Lipinski definition) is 0. The predicted molar refractivity (Wildman–Crippen MR) is 193 cm³/mol. The molecule has 220 valence electrons. The molecule has 2 heteroatoms. The van der Waals surface area contributed by atoms with Crippen LogP contribution >= 0.6 is 0 Å². The van der Waals surface area contributed by atoms with Crippen molar-refractivity contribution in [1.82, 2.24) is 0 Å². The van der Waals surface area contributed by atoms with Gasteiger partial charge < -0.3 is 9.80 Å². The average Bonchev–Trinajstić information content (AvgIpc) is 3.31. The van der Waals surface area contributed by atoms with E-state index in [9.17, 15) is 0 Å². The van der Waals surface area contributed by atoms with Crippen molar-refractivity contribution in [1.29, 1.82) is 0 Å². The fourth-order valence-corrected chi connectivity index (χ4v) is 6.90. The Hall–Kier alpha value is -5.34. The monoisotopic (exact) mass is 582 g/mol. The maximum Gasteiger partial charge on any atom is 0.0543 e. The second-order valence-electron chi connectivity index (χ2n) is 12.2. The molecule has 0 heterocycles. The zero-order valence-corrected chi connectivity index (χ0v) is 26.4. The maximum atomic E-state index is 2.45. The summed E-state index contributed by atoms with van der Waals surface area (Å²) in [6.07, 6.45) is 6.37. The van der Waals surface area contributed by atoms with Crippen LogP contribution in [0.4, 0.5) is 28.4 Å². The number of anilines is 5. The van der Waals surface area contributed by atoms with E-state index in [1.807, 2.05) is 0 Å². The van der Waals surface area contributed by atoms with Crippen LogP contribution in [0.1, 0.15) is 38.8 Å². The first kappa shape index (κ1) is 28.4. The number of nitrogens with zero attached hydrogens (tertiary/aromatic N) is 2. The summed E-state index contributed by atoms with van der Waals surface area (Å²) < 4.78 is 0. The Morgan fingerprint density at radius 2 is 1.13 bits per heavy atom. The number of para-hydroxylation sites is 3. The lowest BCUT2D eigenvalue weighted by atomic mass is 9.81. The van der Waals surface area contributed by atoms with Gasteiger partial charge in [-0.25, -0.2) is 0 Å². The van der Waals surface area contributed by atoms with Crippen LogP contribution in [0.5, 0.6) is 0 Å². The van der Waals surface area contributed by atoms with Gasteiger partial charge in [0.1, 0.15) is 0 Å². The average molecular weight is 583 g/mol. The molecule has 0 aromatic heterocycles. The lowest BCUT2D eigenvalue weighted by Gasteiger charge is -2.30. The summed E-state index contributed by atoms with van der Waals surface area (Å²) in [7, 11) is 0. The van der Waals surface area contributed by atoms with Crippen molar-refractivity contribution in [2.75, 3.05) is 9.80 Å². The minimum Gasteiger partial charge on any atom is -0.315 e. The Balaban J connectivity index is 1.45. The SMILES string of the molecule is C/C=C\C=C(/C)N(c1ccccc1)c1ccc2c(c1)C(C)(C)c1cc(N(c3ccccc3)c3ccccc3)c3ccccc3c1-2. The topological polar surface area (TPSA) is 6.48 Å². The normalized spacial score (nSPS) is 13.6. The summed E-state index contributed by atoms with van der Waals surface area (Å²) in [6, 6.07) is 50.5. The molecule has 0 bridgehead atoms. The maximum absolute atomic E-state index is 2.45. The highest BCUT2D eigenvalue weighted by Gasteiger charge is 2.38. The lowest BCUT2D eigenvalue weighted by Crippen LogP contribution is -2.18. The third-order valence-electron chi connectivity index (χ3n) is 9.07. The van der Waals surface area contributed by atoms with Gasteiger partial charge in [0.2, 0.25) is 0 Å². The highest BCUT2D eigenvalue weighted by molar-refractivity contribution is 6.10. The van der Waals surface area contributed by atoms with Crippen molar-refractivity contribution in [3.8, 4) is 11.1 Å². The van der Waals surface area contributed by atoms with Gasteiger partial charge in [0, 0.05) is 39.2 Å². The van der Waals surface area contributed by atoms with Crippen LogP contribution in [0.3, 0.4) is 0 Å². The molecule has 0 saturated heterocycles. The third-order valence-corrected chi connectivity index (χ3v) is 9.07. The highest BCUT2D eigenvalue weighted by atomic mass is 15.1. The molecular formula is C43H38N2. The van der Waals surface area contributed by atoms with Crippen LogP contribution in [-0.2, 0) is 5.41 Å². The number of rotatable bonds is 7. The number of fused-ring (bicyclic) bond motifs is 5. The van der Waals surface area contributed by atoms with Gasteiger partial charge in [0.25, 0.3) is 0 Å². The summed E-state index contributed by atoms with van der Waals surface area (Å²) in [6.45, 7) is 9.00. The molecule has 0 atom stereocenters. The Morgan fingerprint density at radius 3 is 1.73 bits per heavy atom. The molecule has 0 spiro atoms. The van der Waals surface area contributed by atoms with Crippen LogP contribution in [-0.4, -0.2) is 0 Å². The zero-order chi connectivity index (χ0) is 31.0. The van der Waals surface area contributed by atoms with Crippen LogP contribution < -0.4 is 9.80 Å². The van der Waals surface area contributed by atoms with E-state index in [4.69, 9.17) is 0 Å². The van der Waals surface area contributed by atoms with E-state index in [0.29, 0.717) is 0 Å². The molecule has 0 fully saturated rings. The minimum absolute atomic E-state index is 0.207. The Kier molecular flexibility index (Phi) is 7.35. The summed E-state index contributed by atoms with van der Waals surface area (Å²) >= 11 is 0. The van der Waals surface area contributed by atoms with E-state index in [2.05, 4.69) is 195 Å². The molecule has 45 heavy (non-hydrogen) atoms. The summed E-state index contributed by atoms with van der Waals surface area (Å²) in [5.41, 5.74) is 12.1. The summed E-state index contributed by atoms with van der Waals surface area (Å²) in [5, 5.41) is 2.53. The van der Waals surface area contributed by atoms with Crippen LogP contribution in [0, 0.1) is 0 Å². The first-order chi connectivity index (χ1) is 22.0. The van der Waals surface area contributed by atoms with E-state index in [1.54, 1.807) is 0 Å². The molecule has 1 aliphatic rings. The van der Waals surface area contributed by atoms with Crippen molar-refractivity contribution in [3.05, 3.63) is 175 Å². The number of hydrogen-bond acceptors (Lipinski definition) is 2. The van der Waals surface area contributed by atoms with Gasteiger partial charge in [-0.15, -0.1) is 0 Å². The molecular weight excluding hydrogens is 544 g/mol. The molecule has 0 unspecified atom stereocenters. The van der Waals surface area contributed by atoms with Gasteiger partial charge in [0.15, 0.2) is 0 Å². The van der Waals surface area contributed by atoms with Gasteiger partial charge in [-0.3, -0.25) is 0 Å². The Bertz CT molecular complexity index is 2000. The van der Waals surface area contributed by atoms with E-state index >= 15 is 0 Å². The second-order valence-corrected chi connectivity index (χ2v) is 12.2. The van der Waals surface area contributed by atoms with Crippen molar-refractivity contribution in [2.45, 2.75) is 33.1 Å². The van der Waals surface area contributed by atoms with E-state index in [-0.39, 0.29) is 5.41 Å². The van der Waals surface area contributed by atoms with Gasteiger partial charge in [-0.1, -0.05) is 111 Å². The smallest absolute Gasteiger partial charge is 0.0543 e. The van der Waals surface area contributed by atoms with Gasteiger partial charge >= 0.3 is 0 Å². The largest absolute Gasteiger partial charge is 0.315 e. The molecule has 0 saturated carbocycles. The quantitative estimate of drug-likeness (QED) is 0.173. The molecule has 1 aliphatic carbocycles. The van der Waals surface area contributed by atoms with E-state index in [1.165, 1.54) is 50.1 Å². The molecule has 0 aliphatic heterocycles. The van der Waals surface area contributed by atoms with Crippen LogP contribution in [0.2, 0.25) is 0 Å². The van der Waals surface area contributed by atoms with Crippen molar-refractivity contribution in [3.63, 3.8) is 0 Å².